The molecule has 0 aliphatic rings. The van der Waals surface area contributed by atoms with Crippen LogP contribution in [-0.2, 0) is 0 Å². The second-order valence-electron chi connectivity index (χ2n) is 5.98. The van der Waals surface area contributed by atoms with Crippen molar-refractivity contribution >= 4 is 21.8 Å². The Hall–Kier alpha value is -1.73. The van der Waals surface area contributed by atoms with Crippen LogP contribution < -0.4 is 11.1 Å². The topological polar surface area (TPSA) is 72.9 Å². The molecule has 0 saturated heterocycles. The lowest BCUT2D eigenvalue weighted by Crippen LogP contribution is -2.55. The zero-order valence-corrected chi connectivity index (χ0v) is 14.9. The number of hydrogen-bond donors (Lipinski definition) is 2. The predicted octanol–water partition coefficient (Wildman–Crippen LogP) is 2.88. The SMILES string of the molecule is CC(C)C(C)(CN)NC(=O)c1nn(-c2ccc(F)cc2)cc1Br. The highest BCUT2D eigenvalue weighted by Gasteiger charge is 2.30. The molecule has 2 aromatic rings. The van der Waals surface area contributed by atoms with Gasteiger partial charge in [0.25, 0.3) is 5.91 Å². The summed E-state index contributed by atoms with van der Waals surface area (Å²) < 4.78 is 15.1. The number of carbonyl (C=O) groups is 1. The fourth-order valence-corrected chi connectivity index (χ4v) is 2.44. The van der Waals surface area contributed by atoms with E-state index in [0.717, 1.165) is 0 Å². The Morgan fingerprint density at radius 3 is 2.57 bits per heavy atom. The van der Waals surface area contributed by atoms with Crippen LogP contribution in [0.4, 0.5) is 4.39 Å². The van der Waals surface area contributed by atoms with Crippen LogP contribution in [0.15, 0.2) is 34.9 Å². The monoisotopic (exact) mass is 382 g/mol. The Balaban J connectivity index is 2.27. The largest absolute Gasteiger partial charge is 0.344 e. The quantitative estimate of drug-likeness (QED) is 0.834. The number of nitrogens with one attached hydrogen (secondary N) is 1. The van der Waals surface area contributed by atoms with Gasteiger partial charge in [0.15, 0.2) is 5.69 Å². The molecule has 1 aromatic carbocycles. The van der Waals surface area contributed by atoms with E-state index in [1.165, 1.54) is 16.8 Å². The Bertz CT molecular complexity index is 699. The second kappa shape index (κ2) is 6.80. The van der Waals surface area contributed by atoms with E-state index >= 15 is 0 Å². The molecule has 0 aliphatic heterocycles. The van der Waals surface area contributed by atoms with E-state index in [0.29, 0.717) is 16.7 Å². The van der Waals surface area contributed by atoms with Crippen LogP contribution in [0.3, 0.4) is 0 Å². The van der Waals surface area contributed by atoms with E-state index in [1.54, 1.807) is 18.3 Å². The molecule has 23 heavy (non-hydrogen) atoms. The Kier molecular flexibility index (Phi) is 5.21. The van der Waals surface area contributed by atoms with Crippen LogP contribution in [0.25, 0.3) is 5.69 Å². The predicted molar refractivity (Wildman–Crippen MR) is 91.0 cm³/mol. The van der Waals surface area contributed by atoms with Gasteiger partial charge in [0, 0.05) is 12.7 Å². The molecule has 5 nitrogen and oxygen atoms in total. The summed E-state index contributed by atoms with van der Waals surface area (Å²) in [6.07, 6.45) is 1.66. The van der Waals surface area contributed by atoms with Crippen LogP contribution in [0.1, 0.15) is 31.3 Å². The minimum Gasteiger partial charge on any atom is -0.344 e. The van der Waals surface area contributed by atoms with Crippen LogP contribution in [0.2, 0.25) is 0 Å². The van der Waals surface area contributed by atoms with Gasteiger partial charge in [-0.25, -0.2) is 9.07 Å². The normalized spacial score (nSPS) is 13.9. The molecule has 3 N–H and O–H groups in total. The number of benzene rings is 1. The highest BCUT2D eigenvalue weighted by Crippen LogP contribution is 2.21. The van der Waals surface area contributed by atoms with Crippen molar-refractivity contribution in [2.24, 2.45) is 11.7 Å². The zero-order chi connectivity index (χ0) is 17.2. The first-order valence-corrected chi connectivity index (χ1v) is 8.10. The van der Waals surface area contributed by atoms with Crippen molar-refractivity contribution in [3.8, 4) is 5.69 Å². The third-order valence-electron chi connectivity index (χ3n) is 4.07. The van der Waals surface area contributed by atoms with E-state index in [1.807, 2.05) is 20.8 Å². The number of aromatic nitrogens is 2. The maximum atomic E-state index is 13.0. The van der Waals surface area contributed by atoms with Crippen molar-refractivity contribution in [1.29, 1.82) is 0 Å². The summed E-state index contributed by atoms with van der Waals surface area (Å²) in [6.45, 7) is 6.23. The lowest BCUT2D eigenvalue weighted by Gasteiger charge is -2.33. The summed E-state index contributed by atoms with van der Waals surface area (Å²) in [7, 11) is 0. The van der Waals surface area contributed by atoms with Gasteiger partial charge in [0.2, 0.25) is 0 Å². The lowest BCUT2D eigenvalue weighted by atomic mass is 9.88. The number of carbonyl (C=O) groups excluding carboxylic acids is 1. The van der Waals surface area contributed by atoms with Crippen molar-refractivity contribution in [1.82, 2.24) is 15.1 Å². The summed E-state index contributed by atoms with van der Waals surface area (Å²) in [5.41, 5.74) is 6.20. The molecular formula is C16H20BrFN4O. The summed E-state index contributed by atoms with van der Waals surface area (Å²) in [6, 6.07) is 5.87. The van der Waals surface area contributed by atoms with Gasteiger partial charge < -0.3 is 11.1 Å². The van der Waals surface area contributed by atoms with E-state index in [2.05, 4.69) is 26.3 Å². The van der Waals surface area contributed by atoms with Crippen LogP contribution >= 0.6 is 15.9 Å². The van der Waals surface area contributed by atoms with E-state index in [9.17, 15) is 9.18 Å². The molecule has 1 amide bonds. The van der Waals surface area contributed by atoms with Gasteiger partial charge in [-0.1, -0.05) is 13.8 Å². The number of nitrogens with zero attached hydrogens (tertiary/aromatic N) is 2. The van der Waals surface area contributed by atoms with Crippen molar-refractivity contribution < 1.29 is 9.18 Å². The van der Waals surface area contributed by atoms with E-state index in [-0.39, 0.29) is 23.3 Å². The van der Waals surface area contributed by atoms with Crippen molar-refractivity contribution in [2.45, 2.75) is 26.3 Å². The van der Waals surface area contributed by atoms with Crippen LogP contribution in [0.5, 0.6) is 0 Å². The minimum absolute atomic E-state index is 0.175. The van der Waals surface area contributed by atoms with Gasteiger partial charge in [-0.05, 0) is 53.0 Å². The summed E-state index contributed by atoms with van der Waals surface area (Å²) in [5.74, 6) is -0.456. The molecule has 2 rings (SSSR count). The molecule has 1 unspecified atom stereocenters. The second-order valence-corrected chi connectivity index (χ2v) is 6.83. The molecule has 0 fully saturated rings. The third-order valence-corrected chi connectivity index (χ3v) is 4.65. The maximum absolute atomic E-state index is 13.0. The molecule has 0 spiro atoms. The van der Waals surface area contributed by atoms with Gasteiger partial charge in [0.05, 0.1) is 15.7 Å². The Morgan fingerprint density at radius 1 is 1.43 bits per heavy atom. The molecule has 1 heterocycles. The molecule has 1 atom stereocenters. The fourth-order valence-electron chi connectivity index (χ4n) is 1.98. The van der Waals surface area contributed by atoms with Gasteiger partial charge in [0.1, 0.15) is 5.82 Å². The van der Waals surface area contributed by atoms with E-state index < -0.39 is 5.54 Å². The zero-order valence-electron chi connectivity index (χ0n) is 13.3. The maximum Gasteiger partial charge on any atom is 0.273 e. The van der Waals surface area contributed by atoms with Crippen molar-refractivity contribution in [2.75, 3.05) is 6.54 Å². The molecule has 0 radical (unpaired) electrons. The van der Waals surface area contributed by atoms with Gasteiger partial charge in [-0.3, -0.25) is 4.79 Å². The highest BCUT2D eigenvalue weighted by molar-refractivity contribution is 9.10. The molecular weight excluding hydrogens is 363 g/mol. The number of halogens is 2. The van der Waals surface area contributed by atoms with Gasteiger partial charge in [-0.2, -0.15) is 5.10 Å². The van der Waals surface area contributed by atoms with Crippen molar-refractivity contribution in [3.05, 3.63) is 46.4 Å². The molecule has 7 heteroatoms. The Labute approximate surface area is 143 Å². The van der Waals surface area contributed by atoms with Crippen LogP contribution in [-0.4, -0.2) is 27.8 Å². The molecule has 0 aliphatic carbocycles. The molecule has 0 bridgehead atoms. The first-order valence-electron chi connectivity index (χ1n) is 7.30. The lowest BCUT2D eigenvalue weighted by molar-refractivity contribution is 0.0877. The summed E-state index contributed by atoms with van der Waals surface area (Å²) >= 11 is 3.35. The smallest absolute Gasteiger partial charge is 0.273 e. The Morgan fingerprint density at radius 2 is 2.04 bits per heavy atom. The number of amides is 1. The highest BCUT2D eigenvalue weighted by atomic mass is 79.9. The standard InChI is InChI=1S/C16H20BrFN4O/c1-10(2)16(3,9-19)20-15(23)14-13(17)8-22(21-14)12-6-4-11(18)5-7-12/h4-8,10H,9,19H2,1-3H3,(H,20,23). The summed E-state index contributed by atoms with van der Waals surface area (Å²) in [5, 5.41) is 7.23. The number of nitrogens with two attached hydrogens (primary N) is 1. The molecule has 1 aromatic heterocycles. The third kappa shape index (κ3) is 3.79. The van der Waals surface area contributed by atoms with Crippen molar-refractivity contribution in [3.63, 3.8) is 0 Å². The first kappa shape index (κ1) is 17.6. The average molecular weight is 383 g/mol. The average Bonchev–Trinajstić information content (AvgIpc) is 2.89. The fraction of sp³-hybridized carbons (Fsp3) is 0.375. The van der Waals surface area contributed by atoms with Gasteiger partial charge >= 0.3 is 0 Å². The van der Waals surface area contributed by atoms with Crippen LogP contribution in [0, 0.1) is 11.7 Å². The number of rotatable bonds is 5. The molecule has 124 valence electrons. The summed E-state index contributed by atoms with van der Waals surface area (Å²) in [4.78, 5) is 12.5. The van der Waals surface area contributed by atoms with Gasteiger partial charge in [-0.15, -0.1) is 0 Å². The number of hydrogen-bond acceptors (Lipinski definition) is 3. The minimum atomic E-state index is -0.518. The first-order chi connectivity index (χ1) is 10.8. The molecule has 0 saturated carbocycles. The van der Waals surface area contributed by atoms with E-state index in [4.69, 9.17) is 5.73 Å².